The molecule has 0 radical (unpaired) electrons. The summed E-state index contributed by atoms with van der Waals surface area (Å²) in [5.74, 6) is 0. The van der Waals surface area contributed by atoms with E-state index in [1.807, 2.05) is 42.2 Å². The molecule has 1 atom stereocenters. The predicted octanol–water partition coefficient (Wildman–Crippen LogP) is 4.11. The fraction of sp³-hybridized carbons (Fsp3) is 0.385. The van der Waals surface area contributed by atoms with E-state index in [2.05, 4.69) is 9.80 Å². The molecule has 0 aliphatic carbocycles. The molecule has 35 heavy (non-hydrogen) atoms. The first-order valence-corrected chi connectivity index (χ1v) is 12.6. The van der Waals surface area contributed by atoms with Crippen molar-refractivity contribution in [3.8, 4) is 0 Å². The molecule has 2 fully saturated rings. The van der Waals surface area contributed by atoms with Crippen molar-refractivity contribution in [2.45, 2.75) is 13.0 Å². The first-order valence-electron chi connectivity index (χ1n) is 11.8. The summed E-state index contributed by atoms with van der Waals surface area (Å²) < 4.78 is 6.83. The van der Waals surface area contributed by atoms with Gasteiger partial charge in [-0.15, -0.1) is 0 Å². The standard InChI is InChI=1S/C26H28Cl2N4O3/c1-18-2-6-24-19(14-18)3-7-25(33)32(24)26(34)31-9-8-30(20-4-5-22(27)23(28)15-20)17-21(31)16-29-10-12-35-13-11-29/h2-7,14-15,21H,8-13,16-17H2,1H3. The average molecular weight is 515 g/mol. The van der Waals surface area contributed by atoms with Gasteiger partial charge in [-0.1, -0.05) is 34.8 Å². The lowest BCUT2D eigenvalue weighted by Crippen LogP contribution is -2.61. The van der Waals surface area contributed by atoms with Crippen molar-refractivity contribution >= 4 is 45.8 Å². The molecule has 5 rings (SSSR count). The Morgan fingerprint density at radius 3 is 2.54 bits per heavy atom. The van der Waals surface area contributed by atoms with Gasteiger partial charge < -0.3 is 14.5 Å². The molecule has 9 heteroatoms. The fourth-order valence-electron chi connectivity index (χ4n) is 4.95. The van der Waals surface area contributed by atoms with Crippen LogP contribution in [0.3, 0.4) is 0 Å². The Kier molecular flexibility index (Phi) is 7.02. The zero-order valence-corrected chi connectivity index (χ0v) is 21.1. The van der Waals surface area contributed by atoms with Gasteiger partial charge in [0.25, 0.3) is 5.56 Å². The van der Waals surface area contributed by atoms with Gasteiger partial charge in [0.05, 0.1) is 34.8 Å². The number of nitrogens with zero attached hydrogens (tertiary/aromatic N) is 4. The molecule has 0 spiro atoms. The van der Waals surface area contributed by atoms with Crippen molar-refractivity contribution < 1.29 is 9.53 Å². The third-order valence-corrected chi connectivity index (χ3v) is 7.55. The van der Waals surface area contributed by atoms with E-state index < -0.39 is 0 Å². The first-order chi connectivity index (χ1) is 16.9. The summed E-state index contributed by atoms with van der Waals surface area (Å²) in [5, 5.41) is 1.89. The zero-order chi connectivity index (χ0) is 24.5. The molecule has 2 aliphatic heterocycles. The molecule has 0 N–H and O–H groups in total. The van der Waals surface area contributed by atoms with Gasteiger partial charge in [0.1, 0.15) is 0 Å². The fourth-order valence-corrected chi connectivity index (χ4v) is 5.24. The molecule has 1 amide bonds. The van der Waals surface area contributed by atoms with Crippen LogP contribution in [0.4, 0.5) is 10.5 Å². The molecule has 1 unspecified atom stereocenters. The van der Waals surface area contributed by atoms with E-state index in [4.69, 9.17) is 27.9 Å². The number of rotatable bonds is 3. The Bertz CT molecular complexity index is 1310. The van der Waals surface area contributed by atoms with E-state index in [1.54, 1.807) is 12.1 Å². The lowest BCUT2D eigenvalue weighted by atomic mass is 10.1. The van der Waals surface area contributed by atoms with Crippen LogP contribution in [-0.2, 0) is 4.74 Å². The first kappa shape index (κ1) is 24.1. The third kappa shape index (κ3) is 5.05. The molecule has 2 saturated heterocycles. The van der Waals surface area contributed by atoms with Gasteiger partial charge in [-0.2, -0.15) is 0 Å². The third-order valence-electron chi connectivity index (χ3n) is 6.81. The van der Waals surface area contributed by atoms with E-state index >= 15 is 0 Å². The van der Waals surface area contributed by atoms with Gasteiger partial charge in [-0.3, -0.25) is 9.69 Å². The number of halogens is 2. The summed E-state index contributed by atoms with van der Waals surface area (Å²) in [6.07, 6.45) is 0. The van der Waals surface area contributed by atoms with Crippen LogP contribution in [0.1, 0.15) is 5.56 Å². The van der Waals surface area contributed by atoms with Gasteiger partial charge in [0.15, 0.2) is 0 Å². The molecule has 2 aromatic carbocycles. The number of amides is 1. The van der Waals surface area contributed by atoms with Crippen molar-refractivity contribution in [3.63, 3.8) is 0 Å². The van der Waals surface area contributed by atoms with Crippen molar-refractivity contribution in [2.75, 3.05) is 57.4 Å². The molecular weight excluding hydrogens is 487 g/mol. The number of hydrogen-bond acceptors (Lipinski definition) is 5. The highest BCUT2D eigenvalue weighted by atomic mass is 35.5. The normalized spacial score (nSPS) is 19.3. The molecule has 3 aromatic rings. The van der Waals surface area contributed by atoms with E-state index in [1.165, 1.54) is 10.6 Å². The van der Waals surface area contributed by atoms with E-state index in [-0.39, 0.29) is 17.6 Å². The predicted molar refractivity (Wildman–Crippen MR) is 140 cm³/mol. The number of carbonyl (C=O) groups excluding carboxylic acids is 1. The minimum atomic E-state index is -0.316. The Morgan fingerprint density at radius 1 is 0.971 bits per heavy atom. The summed E-state index contributed by atoms with van der Waals surface area (Å²) in [4.78, 5) is 33.2. The summed E-state index contributed by atoms with van der Waals surface area (Å²) in [6.45, 7) is 7.43. The second-order valence-electron chi connectivity index (χ2n) is 9.16. The number of aromatic nitrogens is 1. The maximum atomic E-state index is 13.9. The summed E-state index contributed by atoms with van der Waals surface area (Å²) in [5.41, 5.74) is 2.36. The van der Waals surface area contributed by atoms with Gasteiger partial charge in [0.2, 0.25) is 0 Å². The second-order valence-corrected chi connectivity index (χ2v) is 9.97. The quantitative estimate of drug-likeness (QED) is 0.526. The minimum Gasteiger partial charge on any atom is -0.379 e. The van der Waals surface area contributed by atoms with Crippen molar-refractivity contribution in [1.29, 1.82) is 0 Å². The minimum absolute atomic E-state index is 0.114. The molecule has 2 aliphatic rings. The smallest absolute Gasteiger partial charge is 0.332 e. The van der Waals surface area contributed by atoms with E-state index in [9.17, 15) is 9.59 Å². The summed E-state index contributed by atoms with van der Waals surface area (Å²) in [6, 6.07) is 14.3. The van der Waals surface area contributed by atoms with Crippen molar-refractivity contribution in [1.82, 2.24) is 14.4 Å². The monoisotopic (exact) mass is 514 g/mol. The molecule has 7 nitrogen and oxygen atoms in total. The maximum Gasteiger partial charge on any atom is 0.332 e. The lowest BCUT2D eigenvalue weighted by molar-refractivity contribution is 0.0252. The van der Waals surface area contributed by atoms with Gasteiger partial charge in [-0.05, 0) is 48.7 Å². The number of pyridine rings is 1. The Balaban J connectivity index is 1.47. The number of fused-ring (bicyclic) bond motifs is 1. The largest absolute Gasteiger partial charge is 0.379 e. The number of hydrogen-bond donors (Lipinski definition) is 0. The molecular formula is C26H28Cl2N4O3. The number of anilines is 1. The van der Waals surface area contributed by atoms with Gasteiger partial charge in [0, 0.05) is 51.0 Å². The highest BCUT2D eigenvalue weighted by Gasteiger charge is 2.34. The highest BCUT2D eigenvalue weighted by molar-refractivity contribution is 6.42. The Hall–Kier alpha value is -2.58. The number of aryl methyl sites for hydroxylation is 1. The van der Waals surface area contributed by atoms with Crippen molar-refractivity contribution in [3.05, 3.63) is 74.5 Å². The van der Waals surface area contributed by atoms with Crippen molar-refractivity contribution in [2.24, 2.45) is 0 Å². The molecule has 184 valence electrons. The van der Waals surface area contributed by atoms with Crippen LogP contribution in [0.15, 0.2) is 53.3 Å². The lowest BCUT2D eigenvalue weighted by Gasteiger charge is -2.44. The molecule has 1 aromatic heterocycles. The van der Waals surface area contributed by atoms with Gasteiger partial charge >= 0.3 is 6.03 Å². The number of benzene rings is 2. The summed E-state index contributed by atoms with van der Waals surface area (Å²) in [7, 11) is 0. The molecule has 3 heterocycles. The topological polar surface area (TPSA) is 58.0 Å². The van der Waals surface area contributed by atoms with Crippen LogP contribution < -0.4 is 10.5 Å². The maximum absolute atomic E-state index is 13.9. The van der Waals surface area contributed by atoms with Crippen LogP contribution in [0.25, 0.3) is 10.9 Å². The SMILES string of the molecule is Cc1ccc2c(ccc(=O)n2C(=O)N2CCN(c3ccc(Cl)c(Cl)c3)CC2CN2CCOCC2)c1. The van der Waals surface area contributed by atoms with Crippen LogP contribution in [0, 0.1) is 6.92 Å². The summed E-state index contributed by atoms with van der Waals surface area (Å²) >= 11 is 12.4. The van der Waals surface area contributed by atoms with Crippen LogP contribution in [0.2, 0.25) is 10.0 Å². The van der Waals surface area contributed by atoms with E-state index in [0.717, 1.165) is 29.7 Å². The molecule has 0 bridgehead atoms. The number of carbonyl (C=O) groups is 1. The van der Waals surface area contributed by atoms with E-state index in [0.29, 0.717) is 55.0 Å². The van der Waals surface area contributed by atoms with Crippen LogP contribution in [0.5, 0.6) is 0 Å². The van der Waals surface area contributed by atoms with Crippen LogP contribution in [-0.4, -0.2) is 78.9 Å². The zero-order valence-electron chi connectivity index (χ0n) is 19.6. The number of piperazine rings is 1. The second kappa shape index (κ2) is 10.2. The number of ether oxygens (including phenoxy) is 1. The average Bonchev–Trinajstić information content (AvgIpc) is 2.86. The Labute approximate surface area is 214 Å². The Morgan fingerprint density at radius 2 is 1.77 bits per heavy atom. The highest BCUT2D eigenvalue weighted by Crippen LogP contribution is 2.29. The number of morpholine rings is 1. The molecule has 0 saturated carbocycles. The van der Waals surface area contributed by atoms with Gasteiger partial charge in [-0.25, -0.2) is 9.36 Å². The van der Waals surface area contributed by atoms with Crippen LogP contribution >= 0.6 is 23.2 Å².